The molecule has 1 aliphatic heterocycles. The number of carbonyl (C=O) groups excluding carboxylic acids is 2. The molecule has 1 saturated heterocycles. The summed E-state index contributed by atoms with van der Waals surface area (Å²) in [5, 5.41) is 0. The Kier molecular flexibility index (Phi) is 2.01. The Labute approximate surface area is 82.6 Å². The van der Waals surface area contributed by atoms with Gasteiger partial charge in [0.2, 0.25) is 0 Å². The zero-order chi connectivity index (χ0) is 10.3. The maximum atomic E-state index is 11.4. The van der Waals surface area contributed by atoms with Crippen LogP contribution in [0.4, 0.5) is 0 Å². The molecular formula is C10H14O4. The highest BCUT2D eigenvalue weighted by molar-refractivity contribution is 5.76. The lowest BCUT2D eigenvalue weighted by atomic mass is 9.74. The number of esters is 1. The summed E-state index contributed by atoms with van der Waals surface area (Å²) in [7, 11) is 0. The van der Waals surface area contributed by atoms with Crippen LogP contribution in [-0.4, -0.2) is 24.1 Å². The largest absolute Gasteiger partial charge is 0.460 e. The van der Waals surface area contributed by atoms with Crippen molar-refractivity contribution in [2.45, 2.75) is 38.4 Å². The fourth-order valence-corrected chi connectivity index (χ4v) is 2.79. The third kappa shape index (κ3) is 1.21. The van der Waals surface area contributed by atoms with Crippen molar-refractivity contribution in [3.63, 3.8) is 0 Å². The van der Waals surface area contributed by atoms with Gasteiger partial charge in [-0.05, 0) is 19.3 Å². The average Bonchev–Trinajstić information content (AvgIpc) is 2.33. The van der Waals surface area contributed by atoms with Crippen molar-refractivity contribution < 1.29 is 19.1 Å². The quantitative estimate of drug-likeness (QED) is 0.488. The van der Waals surface area contributed by atoms with Gasteiger partial charge in [-0.15, -0.1) is 0 Å². The molecule has 0 aromatic carbocycles. The van der Waals surface area contributed by atoms with Gasteiger partial charge >= 0.3 is 5.97 Å². The van der Waals surface area contributed by atoms with Crippen molar-refractivity contribution in [1.82, 2.24) is 0 Å². The Bertz CT molecular complexity index is 275. The predicted molar refractivity (Wildman–Crippen MR) is 47.3 cm³/mol. The number of carbonyl (C=O) groups is 2. The van der Waals surface area contributed by atoms with Crippen molar-refractivity contribution in [3.8, 4) is 0 Å². The molecule has 0 spiro atoms. The minimum Gasteiger partial charge on any atom is -0.460 e. The van der Waals surface area contributed by atoms with Gasteiger partial charge in [-0.3, -0.25) is 9.59 Å². The second-order valence-corrected chi connectivity index (χ2v) is 4.50. The number of hydrogen-bond acceptors (Lipinski definition) is 4. The first kappa shape index (κ1) is 9.49. The maximum Gasteiger partial charge on any atom is 0.309 e. The van der Waals surface area contributed by atoms with Gasteiger partial charge in [-0.25, -0.2) is 0 Å². The molecule has 14 heavy (non-hydrogen) atoms. The molecule has 4 atom stereocenters. The van der Waals surface area contributed by atoms with Crippen molar-refractivity contribution >= 4 is 12.4 Å². The van der Waals surface area contributed by atoms with Crippen LogP contribution >= 0.6 is 0 Å². The topological polar surface area (TPSA) is 52.6 Å². The van der Waals surface area contributed by atoms with E-state index >= 15 is 0 Å². The molecule has 0 radical (unpaired) electrons. The summed E-state index contributed by atoms with van der Waals surface area (Å²) in [6.07, 6.45) is 1.14. The maximum absolute atomic E-state index is 11.4. The van der Waals surface area contributed by atoms with E-state index < -0.39 is 5.60 Å². The molecule has 78 valence electrons. The first-order valence-electron chi connectivity index (χ1n) is 4.89. The van der Waals surface area contributed by atoms with Gasteiger partial charge in [-0.1, -0.05) is 6.92 Å². The molecule has 2 fully saturated rings. The van der Waals surface area contributed by atoms with Crippen molar-refractivity contribution in [2.24, 2.45) is 11.8 Å². The molecule has 2 bridgehead atoms. The van der Waals surface area contributed by atoms with E-state index in [1.807, 2.05) is 13.8 Å². The fraction of sp³-hybridized carbons (Fsp3) is 0.800. The summed E-state index contributed by atoms with van der Waals surface area (Å²) in [4.78, 5) is 21.7. The van der Waals surface area contributed by atoms with E-state index in [-0.39, 0.29) is 23.9 Å². The Hall–Kier alpha value is -1.06. The van der Waals surface area contributed by atoms with Gasteiger partial charge in [0.05, 0.1) is 5.92 Å². The van der Waals surface area contributed by atoms with Crippen LogP contribution in [-0.2, 0) is 19.1 Å². The van der Waals surface area contributed by atoms with E-state index in [1.165, 1.54) is 0 Å². The molecule has 1 saturated carbocycles. The molecule has 2 rings (SSSR count). The summed E-state index contributed by atoms with van der Waals surface area (Å²) < 4.78 is 10.3. The second-order valence-electron chi connectivity index (χ2n) is 4.50. The third-order valence-electron chi connectivity index (χ3n) is 3.30. The van der Waals surface area contributed by atoms with Gasteiger partial charge < -0.3 is 9.47 Å². The smallest absolute Gasteiger partial charge is 0.309 e. The van der Waals surface area contributed by atoms with Gasteiger partial charge in [-0.2, -0.15) is 0 Å². The lowest BCUT2D eigenvalue weighted by molar-refractivity contribution is -0.168. The van der Waals surface area contributed by atoms with E-state index in [0.717, 1.165) is 6.42 Å². The van der Waals surface area contributed by atoms with Gasteiger partial charge in [0.15, 0.2) is 0 Å². The molecule has 4 unspecified atom stereocenters. The van der Waals surface area contributed by atoms with Gasteiger partial charge in [0.1, 0.15) is 11.7 Å². The first-order chi connectivity index (χ1) is 6.57. The Morgan fingerprint density at radius 3 is 3.00 bits per heavy atom. The molecule has 4 heteroatoms. The standard InChI is InChI=1S/C10H14O4/c1-6-3-7-4-10(2,14-9(7)12)8(6)13-5-11/h5-8H,3-4H2,1-2H3. The van der Waals surface area contributed by atoms with Crippen molar-refractivity contribution in [3.05, 3.63) is 0 Å². The molecule has 1 aliphatic carbocycles. The summed E-state index contributed by atoms with van der Waals surface area (Å²) in [6, 6.07) is 0. The highest BCUT2D eigenvalue weighted by Gasteiger charge is 2.56. The summed E-state index contributed by atoms with van der Waals surface area (Å²) in [6.45, 7) is 4.27. The summed E-state index contributed by atoms with van der Waals surface area (Å²) in [5.41, 5.74) is -0.597. The van der Waals surface area contributed by atoms with Crippen molar-refractivity contribution in [2.75, 3.05) is 0 Å². The van der Waals surface area contributed by atoms with Crippen molar-refractivity contribution in [1.29, 1.82) is 0 Å². The molecule has 4 nitrogen and oxygen atoms in total. The molecule has 1 heterocycles. The van der Waals surface area contributed by atoms with E-state index in [1.54, 1.807) is 0 Å². The molecule has 0 aromatic rings. The summed E-state index contributed by atoms with van der Waals surface area (Å²) >= 11 is 0. The number of rotatable bonds is 2. The van der Waals surface area contributed by atoms with Crippen LogP contribution in [0.3, 0.4) is 0 Å². The first-order valence-corrected chi connectivity index (χ1v) is 4.89. The van der Waals surface area contributed by atoms with Gasteiger partial charge in [0, 0.05) is 6.42 Å². The van der Waals surface area contributed by atoms with Crippen LogP contribution in [0.1, 0.15) is 26.7 Å². The number of ether oxygens (including phenoxy) is 2. The van der Waals surface area contributed by atoms with E-state index in [9.17, 15) is 9.59 Å². The van der Waals surface area contributed by atoms with Crippen LogP contribution in [0.2, 0.25) is 0 Å². The minimum absolute atomic E-state index is 0.00139. The Morgan fingerprint density at radius 1 is 1.64 bits per heavy atom. The summed E-state index contributed by atoms with van der Waals surface area (Å²) in [5.74, 6) is 0.0493. The Morgan fingerprint density at radius 2 is 2.36 bits per heavy atom. The van der Waals surface area contributed by atoms with Crippen LogP contribution in [0.25, 0.3) is 0 Å². The van der Waals surface area contributed by atoms with Crippen LogP contribution in [0, 0.1) is 11.8 Å². The Balaban J connectivity index is 2.24. The van der Waals surface area contributed by atoms with Crippen LogP contribution in [0.5, 0.6) is 0 Å². The molecule has 0 N–H and O–H groups in total. The van der Waals surface area contributed by atoms with Crippen LogP contribution in [0.15, 0.2) is 0 Å². The SMILES string of the molecule is CC1CC2CC(C)(OC2=O)C1OC=O. The fourth-order valence-electron chi connectivity index (χ4n) is 2.79. The third-order valence-corrected chi connectivity index (χ3v) is 3.30. The molecule has 0 amide bonds. The van der Waals surface area contributed by atoms with E-state index in [2.05, 4.69) is 0 Å². The normalized spacial score (nSPS) is 45.9. The zero-order valence-electron chi connectivity index (χ0n) is 8.36. The number of hydrogen-bond donors (Lipinski definition) is 0. The second kappa shape index (κ2) is 2.97. The molecule has 2 aliphatic rings. The predicted octanol–water partition coefficient (Wildman–Crippen LogP) is 0.890. The molecule has 0 aromatic heterocycles. The lowest BCUT2D eigenvalue weighted by Gasteiger charge is -2.37. The van der Waals surface area contributed by atoms with Crippen LogP contribution < -0.4 is 0 Å². The monoisotopic (exact) mass is 198 g/mol. The number of fused-ring (bicyclic) bond motifs is 2. The van der Waals surface area contributed by atoms with E-state index in [4.69, 9.17) is 9.47 Å². The van der Waals surface area contributed by atoms with E-state index in [0.29, 0.717) is 12.9 Å². The highest BCUT2D eigenvalue weighted by atomic mass is 16.6. The highest BCUT2D eigenvalue weighted by Crippen LogP contribution is 2.46. The van der Waals surface area contributed by atoms with Gasteiger partial charge in [0.25, 0.3) is 6.47 Å². The minimum atomic E-state index is -0.597. The lowest BCUT2D eigenvalue weighted by Crippen LogP contribution is -2.47. The average molecular weight is 198 g/mol. The molecular weight excluding hydrogens is 184 g/mol. The zero-order valence-corrected chi connectivity index (χ0v) is 8.36.